The number of nitrogens with one attached hydrogen (secondary N) is 1. The Kier molecular flexibility index (Phi) is 5.08. The fourth-order valence-corrected chi connectivity index (χ4v) is 2.13. The normalized spacial score (nSPS) is 39.8. The molecule has 0 saturated carbocycles. The Balaban J connectivity index is 1.86. The highest BCUT2D eigenvalue weighted by atomic mass is 17.2. The fraction of sp³-hybridized carbons (Fsp3) is 0.818. The third-order valence-electron chi connectivity index (χ3n) is 3.37. The molecule has 0 radical (unpaired) electrons. The molecule has 5 N–H and O–H groups in total. The summed E-state index contributed by atoms with van der Waals surface area (Å²) in [5, 5.41) is 40.3. The summed E-state index contributed by atoms with van der Waals surface area (Å²) < 4.78 is 4.61. The Bertz CT molecular complexity index is 397. The van der Waals surface area contributed by atoms with Gasteiger partial charge in [-0.2, -0.15) is 0 Å². The minimum atomic E-state index is -1.88. The molecule has 0 amide bonds. The van der Waals surface area contributed by atoms with Gasteiger partial charge in [0.15, 0.2) is 12.4 Å². The van der Waals surface area contributed by atoms with Crippen molar-refractivity contribution < 1.29 is 44.5 Å². The zero-order valence-electron chi connectivity index (χ0n) is 10.9. The van der Waals surface area contributed by atoms with Crippen molar-refractivity contribution in [3.63, 3.8) is 0 Å². The predicted octanol–water partition coefficient (Wildman–Crippen LogP) is -3.46. The summed E-state index contributed by atoms with van der Waals surface area (Å²) in [4.78, 5) is 31.7. The summed E-state index contributed by atoms with van der Waals surface area (Å²) in [6.07, 6.45) is -7.75. The molecule has 0 aromatic carbocycles. The SMILES string of the molecule is O=C(OOC(=O)C1OC(O)C(O)C(O)C1O)C1CCCN1. The van der Waals surface area contributed by atoms with Crippen molar-refractivity contribution in [3.05, 3.63) is 0 Å². The van der Waals surface area contributed by atoms with Crippen LogP contribution in [-0.4, -0.2) is 75.7 Å². The van der Waals surface area contributed by atoms with Crippen molar-refractivity contribution in [1.82, 2.24) is 5.32 Å². The van der Waals surface area contributed by atoms with Gasteiger partial charge in [0.2, 0.25) is 0 Å². The first kappa shape index (κ1) is 16.1. The highest BCUT2D eigenvalue weighted by molar-refractivity contribution is 5.79. The molecule has 0 aromatic heterocycles. The van der Waals surface area contributed by atoms with Crippen molar-refractivity contribution in [2.45, 2.75) is 49.6 Å². The van der Waals surface area contributed by atoms with Crippen LogP contribution in [0.25, 0.3) is 0 Å². The molecule has 21 heavy (non-hydrogen) atoms. The Labute approximate surface area is 119 Å². The van der Waals surface area contributed by atoms with E-state index in [0.29, 0.717) is 13.0 Å². The average molecular weight is 307 g/mol. The molecule has 0 spiro atoms. The minimum Gasteiger partial charge on any atom is -0.387 e. The zero-order valence-corrected chi connectivity index (χ0v) is 10.9. The van der Waals surface area contributed by atoms with Gasteiger partial charge in [-0.3, -0.25) is 0 Å². The van der Waals surface area contributed by atoms with Crippen LogP contribution < -0.4 is 5.32 Å². The first-order valence-electron chi connectivity index (χ1n) is 6.45. The van der Waals surface area contributed by atoms with Crippen LogP contribution >= 0.6 is 0 Å². The van der Waals surface area contributed by atoms with Crippen LogP contribution in [0.5, 0.6) is 0 Å². The Morgan fingerprint density at radius 2 is 1.67 bits per heavy atom. The molecule has 10 nitrogen and oxygen atoms in total. The van der Waals surface area contributed by atoms with Gasteiger partial charge >= 0.3 is 11.9 Å². The second kappa shape index (κ2) is 6.64. The van der Waals surface area contributed by atoms with Crippen molar-refractivity contribution >= 4 is 11.9 Å². The third kappa shape index (κ3) is 3.48. The molecular weight excluding hydrogens is 290 g/mol. The molecule has 0 aromatic rings. The summed E-state index contributed by atoms with van der Waals surface area (Å²) in [5.74, 6) is -2.11. The van der Waals surface area contributed by atoms with Gasteiger partial charge in [-0.05, 0) is 19.4 Å². The minimum absolute atomic E-state index is 0.544. The number of aliphatic hydroxyl groups excluding tert-OH is 4. The Morgan fingerprint density at radius 3 is 2.29 bits per heavy atom. The second-order valence-corrected chi connectivity index (χ2v) is 4.87. The molecule has 120 valence electrons. The van der Waals surface area contributed by atoms with Gasteiger partial charge in [-0.1, -0.05) is 0 Å². The summed E-state index contributed by atoms with van der Waals surface area (Å²) in [6, 6.07) is -0.576. The van der Waals surface area contributed by atoms with E-state index in [1.54, 1.807) is 0 Å². The first-order valence-corrected chi connectivity index (χ1v) is 6.45. The van der Waals surface area contributed by atoms with Gasteiger partial charge < -0.3 is 30.5 Å². The number of carbonyl (C=O) groups is 2. The molecule has 2 aliphatic rings. The van der Waals surface area contributed by atoms with Crippen LogP contribution in [0.15, 0.2) is 0 Å². The van der Waals surface area contributed by atoms with E-state index >= 15 is 0 Å². The van der Waals surface area contributed by atoms with Gasteiger partial charge in [-0.15, -0.1) is 0 Å². The van der Waals surface area contributed by atoms with Gasteiger partial charge in [-0.25, -0.2) is 19.4 Å². The van der Waals surface area contributed by atoms with Gasteiger partial charge in [0.1, 0.15) is 24.4 Å². The number of carbonyl (C=O) groups excluding carboxylic acids is 2. The quantitative estimate of drug-likeness (QED) is 0.257. The highest BCUT2D eigenvalue weighted by Gasteiger charge is 2.47. The number of ether oxygens (including phenoxy) is 1. The molecule has 2 aliphatic heterocycles. The van der Waals surface area contributed by atoms with Crippen molar-refractivity contribution in [2.24, 2.45) is 0 Å². The summed E-state index contributed by atoms with van der Waals surface area (Å²) in [5.41, 5.74) is 0. The second-order valence-electron chi connectivity index (χ2n) is 4.87. The van der Waals surface area contributed by atoms with Crippen LogP contribution in [0.3, 0.4) is 0 Å². The predicted molar refractivity (Wildman–Crippen MR) is 62.1 cm³/mol. The standard InChI is InChI=1S/C11H17NO9/c13-5-6(14)8(19-10(17)7(5)15)11(18)21-20-9(16)4-2-1-3-12-4/h4-8,10,12-15,17H,1-3H2. The molecule has 2 saturated heterocycles. The lowest BCUT2D eigenvalue weighted by atomic mass is 9.99. The third-order valence-corrected chi connectivity index (χ3v) is 3.37. The van der Waals surface area contributed by atoms with E-state index in [9.17, 15) is 30.0 Å². The van der Waals surface area contributed by atoms with Crippen molar-refractivity contribution in [1.29, 1.82) is 0 Å². The Hall–Kier alpha value is -1.30. The van der Waals surface area contributed by atoms with Crippen LogP contribution in [-0.2, 0) is 24.1 Å². The highest BCUT2D eigenvalue weighted by Crippen LogP contribution is 2.21. The molecule has 6 unspecified atom stereocenters. The molecule has 0 aliphatic carbocycles. The van der Waals surface area contributed by atoms with Crippen LogP contribution in [0.2, 0.25) is 0 Å². The average Bonchev–Trinajstić information content (AvgIpc) is 3.00. The van der Waals surface area contributed by atoms with Crippen molar-refractivity contribution in [2.75, 3.05) is 6.54 Å². The van der Waals surface area contributed by atoms with E-state index in [4.69, 9.17) is 0 Å². The molecule has 6 atom stereocenters. The monoisotopic (exact) mass is 307 g/mol. The van der Waals surface area contributed by atoms with E-state index in [0.717, 1.165) is 6.42 Å². The van der Waals surface area contributed by atoms with Crippen molar-refractivity contribution in [3.8, 4) is 0 Å². The van der Waals surface area contributed by atoms with Gasteiger partial charge in [0.25, 0.3) is 0 Å². The lowest BCUT2D eigenvalue weighted by Gasteiger charge is -2.36. The fourth-order valence-electron chi connectivity index (χ4n) is 2.13. The molecular formula is C11H17NO9. The molecule has 2 fully saturated rings. The maximum Gasteiger partial charge on any atom is 0.386 e. The van der Waals surface area contributed by atoms with Gasteiger partial charge in [0.05, 0.1) is 0 Å². The lowest BCUT2D eigenvalue weighted by Crippen LogP contribution is -2.60. The summed E-state index contributed by atoms with van der Waals surface area (Å²) >= 11 is 0. The Morgan fingerprint density at radius 1 is 1.00 bits per heavy atom. The summed E-state index contributed by atoms with van der Waals surface area (Å²) in [6.45, 7) is 0.647. The van der Waals surface area contributed by atoms with E-state index in [-0.39, 0.29) is 0 Å². The van der Waals surface area contributed by atoms with Crippen LogP contribution in [0.1, 0.15) is 12.8 Å². The smallest absolute Gasteiger partial charge is 0.386 e. The maximum absolute atomic E-state index is 11.6. The topological polar surface area (TPSA) is 155 Å². The lowest BCUT2D eigenvalue weighted by molar-refractivity contribution is -0.305. The molecule has 10 heteroatoms. The number of hydrogen-bond acceptors (Lipinski definition) is 10. The maximum atomic E-state index is 11.6. The van der Waals surface area contributed by atoms with Gasteiger partial charge in [0, 0.05) is 0 Å². The van der Waals surface area contributed by atoms with E-state index in [1.165, 1.54) is 0 Å². The van der Waals surface area contributed by atoms with Crippen LogP contribution in [0, 0.1) is 0 Å². The first-order chi connectivity index (χ1) is 9.91. The number of aliphatic hydroxyl groups is 4. The van der Waals surface area contributed by atoms with Crippen LogP contribution in [0.4, 0.5) is 0 Å². The number of rotatable bonds is 2. The molecule has 2 rings (SSSR count). The molecule has 2 heterocycles. The van der Waals surface area contributed by atoms with E-state index in [2.05, 4.69) is 19.8 Å². The van der Waals surface area contributed by atoms with E-state index < -0.39 is 48.7 Å². The zero-order chi connectivity index (χ0) is 15.6. The summed E-state index contributed by atoms with van der Waals surface area (Å²) in [7, 11) is 0. The largest absolute Gasteiger partial charge is 0.387 e. The van der Waals surface area contributed by atoms with E-state index in [1.807, 2.05) is 0 Å². The molecule has 0 bridgehead atoms. The number of hydrogen-bond donors (Lipinski definition) is 5.